The summed E-state index contributed by atoms with van der Waals surface area (Å²) in [6, 6.07) is 18.9. The molecule has 61 heavy (non-hydrogen) atoms. The molecule has 12 nitrogen and oxygen atoms in total. The maximum atomic E-state index is 15.3. The fraction of sp³-hybridized carbons (Fsp3) is 0.571. The first kappa shape index (κ1) is 44.7. The molecule has 1 fully saturated rings. The predicted molar refractivity (Wildman–Crippen MR) is 232 cm³/mol. The van der Waals surface area contributed by atoms with E-state index in [1.807, 2.05) is 31.2 Å². The number of nitrogens with zero attached hydrogens (tertiary/aromatic N) is 2. The Morgan fingerprint density at radius 3 is 2.08 bits per heavy atom. The van der Waals surface area contributed by atoms with Gasteiger partial charge in [0.05, 0.1) is 60.9 Å². The van der Waals surface area contributed by atoms with Crippen LogP contribution in [0.25, 0.3) is 0 Å². The summed E-state index contributed by atoms with van der Waals surface area (Å²) in [6.45, 7) is 8.81. The summed E-state index contributed by atoms with van der Waals surface area (Å²) < 4.78 is 47.5. The Balaban J connectivity index is 1.22. The van der Waals surface area contributed by atoms with E-state index in [4.69, 9.17) is 43.0 Å². The van der Waals surface area contributed by atoms with Gasteiger partial charge in [0.25, 0.3) is 5.91 Å². The van der Waals surface area contributed by atoms with Crippen LogP contribution in [-0.2, 0) is 36.6 Å². The van der Waals surface area contributed by atoms with Crippen molar-refractivity contribution in [2.45, 2.75) is 76.7 Å². The zero-order valence-electron chi connectivity index (χ0n) is 36.9. The van der Waals surface area contributed by atoms with Crippen molar-refractivity contribution in [1.82, 2.24) is 9.80 Å². The van der Waals surface area contributed by atoms with Gasteiger partial charge in [-0.1, -0.05) is 43.7 Å². The number of allylic oxidation sites excluding steroid dienone is 1. The Bertz CT molecular complexity index is 1940. The molecule has 4 aliphatic heterocycles. The predicted octanol–water partition coefficient (Wildman–Crippen LogP) is 7.27. The van der Waals surface area contributed by atoms with Crippen LogP contribution in [0.4, 0.5) is 0 Å². The van der Waals surface area contributed by atoms with E-state index in [0.717, 1.165) is 61.4 Å². The van der Waals surface area contributed by atoms with E-state index in [1.54, 1.807) is 28.4 Å². The number of rotatable bonds is 19. The monoisotopic (exact) mass is 842 g/mol. The molecule has 1 saturated heterocycles. The van der Waals surface area contributed by atoms with E-state index >= 15 is 4.79 Å². The van der Waals surface area contributed by atoms with Crippen LogP contribution in [-0.4, -0.2) is 115 Å². The molecule has 4 heterocycles. The van der Waals surface area contributed by atoms with Crippen LogP contribution in [0.2, 0.25) is 0 Å². The summed E-state index contributed by atoms with van der Waals surface area (Å²) in [4.78, 5) is 20.0. The largest absolute Gasteiger partial charge is 0.493 e. The zero-order chi connectivity index (χ0) is 42.9. The molecule has 7 atom stereocenters. The topological polar surface area (TPSA) is 118 Å². The number of hydrogen-bond donors (Lipinski definition) is 1. The number of carbonyl (C=O) groups excluding carboxylic acids is 1. The van der Waals surface area contributed by atoms with E-state index in [-0.39, 0.29) is 43.0 Å². The first-order valence-corrected chi connectivity index (χ1v) is 22.2. The molecule has 7 rings (SSSR count). The Labute approximate surface area is 362 Å². The third-order valence-corrected chi connectivity index (χ3v) is 13.4. The van der Waals surface area contributed by atoms with Gasteiger partial charge in [-0.25, -0.2) is 0 Å². The first-order valence-electron chi connectivity index (χ1n) is 22.2. The van der Waals surface area contributed by atoms with Gasteiger partial charge in [0.15, 0.2) is 28.8 Å². The van der Waals surface area contributed by atoms with Gasteiger partial charge < -0.3 is 47.9 Å². The molecule has 0 aromatic heterocycles. The molecule has 0 bridgehead atoms. The van der Waals surface area contributed by atoms with E-state index in [1.165, 1.54) is 16.7 Å². The second kappa shape index (κ2) is 21.2. The summed E-state index contributed by atoms with van der Waals surface area (Å²) in [5.41, 5.74) is 6.00. The number of aliphatic hydroxyl groups is 1. The van der Waals surface area contributed by atoms with Crippen molar-refractivity contribution >= 4 is 5.91 Å². The Hall–Kier alpha value is -4.33. The molecular formula is C49H66N2O10. The molecule has 1 amide bonds. The van der Waals surface area contributed by atoms with Crippen LogP contribution < -0.4 is 18.9 Å². The Kier molecular flexibility index (Phi) is 15.5. The van der Waals surface area contributed by atoms with Crippen LogP contribution in [0.1, 0.15) is 85.3 Å². The van der Waals surface area contributed by atoms with Crippen molar-refractivity contribution in [3.8, 4) is 23.0 Å². The third-order valence-electron chi connectivity index (χ3n) is 13.4. The maximum absolute atomic E-state index is 15.3. The van der Waals surface area contributed by atoms with Crippen molar-refractivity contribution in [3.63, 3.8) is 0 Å². The maximum Gasteiger partial charge on any atom is 0.289 e. The van der Waals surface area contributed by atoms with Crippen LogP contribution in [0.5, 0.6) is 23.0 Å². The van der Waals surface area contributed by atoms with Crippen LogP contribution in [0.15, 0.2) is 66.4 Å². The van der Waals surface area contributed by atoms with Crippen molar-refractivity contribution < 1.29 is 47.8 Å². The summed E-state index contributed by atoms with van der Waals surface area (Å²) in [5.74, 6) is 3.62. The molecule has 12 heteroatoms. The fourth-order valence-corrected chi connectivity index (χ4v) is 10.3. The second-order valence-corrected chi connectivity index (χ2v) is 16.5. The van der Waals surface area contributed by atoms with Gasteiger partial charge in [-0.3, -0.25) is 9.69 Å². The van der Waals surface area contributed by atoms with E-state index in [9.17, 15) is 0 Å². The van der Waals surface area contributed by atoms with E-state index in [0.29, 0.717) is 74.9 Å². The summed E-state index contributed by atoms with van der Waals surface area (Å²) in [7, 11) is 6.74. The molecule has 0 radical (unpaired) electrons. The number of piperidine rings is 1. The van der Waals surface area contributed by atoms with Gasteiger partial charge in [0, 0.05) is 50.7 Å². The van der Waals surface area contributed by atoms with Gasteiger partial charge >= 0.3 is 0 Å². The van der Waals surface area contributed by atoms with Crippen LogP contribution >= 0.6 is 0 Å². The van der Waals surface area contributed by atoms with Gasteiger partial charge in [0.1, 0.15) is 0 Å². The molecule has 0 unspecified atom stereocenters. The highest BCUT2D eigenvalue weighted by Gasteiger charge is 2.45. The molecule has 1 N–H and O–H groups in total. The normalized spacial score (nSPS) is 24.7. The SMILES string of the molecule is CCO[C@H]1OC(C(=O)N2CCc3cc(OC)c(OC)cc3[C@H]2C[C@H]2C[C@H]3c4cc(OC)c(OC)cc4CCN3C[C@@H]2CC)=C[C@@H](c2ccccc2)[C@@H]1CCOCCOCCO. The number of amides is 1. The van der Waals surface area contributed by atoms with Gasteiger partial charge in [-0.05, 0) is 109 Å². The highest BCUT2D eigenvalue weighted by atomic mass is 16.7. The lowest BCUT2D eigenvalue weighted by Gasteiger charge is -2.49. The molecule has 4 aliphatic rings. The zero-order valence-corrected chi connectivity index (χ0v) is 36.9. The third kappa shape index (κ3) is 9.84. The lowest BCUT2D eigenvalue weighted by Crippen LogP contribution is -2.48. The number of ether oxygens (including phenoxy) is 8. The van der Waals surface area contributed by atoms with E-state index in [2.05, 4.69) is 53.1 Å². The lowest BCUT2D eigenvalue weighted by atomic mass is 9.72. The minimum Gasteiger partial charge on any atom is -0.493 e. The number of hydrogen-bond acceptors (Lipinski definition) is 11. The second-order valence-electron chi connectivity index (χ2n) is 16.5. The number of methoxy groups -OCH3 is 4. The Morgan fingerprint density at radius 1 is 0.787 bits per heavy atom. The van der Waals surface area contributed by atoms with Crippen molar-refractivity contribution in [1.29, 1.82) is 0 Å². The lowest BCUT2D eigenvalue weighted by molar-refractivity contribution is -0.173. The Morgan fingerprint density at radius 2 is 1.43 bits per heavy atom. The molecule has 3 aromatic rings. The number of fused-ring (bicyclic) bond motifs is 4. The quantitative estimate of drug-likeness (QED) is 0.123. The molecule has 0 aliphatic carbocycles. The van der Waals surface area contributed by atoms with E-state index < -0.39 is 6.29 Å². The molecular weight excluding hydrogens is 777 g/mol. The van der Waals surface area contributed by atoms with Crippen molar-refractivity contribution in [2.24, 2.45) is 17.8 Å². The minimum atomic E-state index is -0.649. The molecule has 0 spiro atoms. The summed E-state index contributed by atoms with van der Waals surface area (Å²) >= 11 is 0. The van der Waals surface area contributed by atoms with Gasteiger partial charge in [-0.2, -0.15) is 0 Å². The van der Waals surface area contributed by atoms with Crippen molar-refractivity contribution in [2.75, 3.05) is 87.7 Å². The van der Waals surface area contributed by atoms with Gasteiger partial charge in [-0.15, -0.1) is 0 Å². The van der Waals surface area contributed by atoms with Crippen LogP contribution in [0.3, 0.4) is 0 Å². The number of benzene rings is 3. The minimum absolute atomic E-state index is 0.0182. The summed E-state index contributed by atoms with van der Waals surface area (Å²) in [5, 5.41) is 9.05. The fourth-order valence-electron chi connectivity index (χ4n) is 10.3. The van der Waals surface area contributed by atoms with Crippen LogP contribution in [0, 0.1) is 17.8 Å². The average Bonchev–Trinajstić information content (AvgIpc) is 3.30. The van der Waals surface area contributed by atoms with Gasteiger partial charge in [0.2, 0.25) is 6.29 Å². The highest BCUT2D eigenvalue weighted by molar-refractivity contribution is 5.92. The summed E-state index contributed by atoms with van der Waals surface area (Å²) in [6.07, 6.45) is 6.51. The molecule has 332 valence electrons. The molecule has 3 aromatic carbocycles. The number of carbonyl (C=O) groups is 1. The molecule has 0 saturated carbocycles. The average molecular weight is 843 g/mol. The number of aliphatic hydroxyl groups excluding tert-OH is 1. The first-order chi connectivity index (χ1) is 29.8. The van der Waals surface area contributed by atoms with Crippen molar-refractivity contribution in [3.05, 3.63) is 94.2 Å². The standard InChI is InChI=1S/C49H66N2O10/c1-7-32-31-50-17-14-34-26-43(54-3)45(56-5)29-39(34)41(50)24-36(32)25-42-40-30-46(57-6)44(55-4)27-35(40)15-18-51(42)48(53)47-28-38(33-12-10-9-11-13-33)37(49(61-47)60-8-2)16-20-58-22-23-59-21-19-52/h9-13,26-30,32,36-38,41-42,49,52H,7-8,14-25,31H2,1-6H3/t32-,36+,37-,38-,41-,42+,49-/m0/s1. The highest BCUT2D eigenvalue weighted by Crippen LogP contribution is 2.50. The smallest absolute Gasteiger partial charge is 0.289 e.